The van der Waals surface area contributed by atoms with E-state index >= 15 is 0 Å². The van der Waals surface area contributed by atoms with Crippen molar-refractivity contribution in [1.82, 2.24) is 25.1 Å². The van der Waals surface area contributed by atoms with E-state index in [-0.39, 0.29) is 11.6 Å². The second kappa shape index (κ2) is 4.75. The monoisotopic (exact) mass is 293 g/mol. The highest BCUT2D eigenvalue weighted by molar-refractivity contribution is 7.16. The molecular formula is C13H19N5OS. The number of fused-ring (bicyclic) bond motifs is 1. The van der Waals surface area contributed by atoms with Gasteiger partial charge in [0.2, 0.25) is 4.96 Å². The Kier molecular flexibility index (Phi) is 3.01. The summed E-state index contributed by atoms with van der Waals surface area (Å²) in [7, 11) is 0. The molecule has 1 N–H and O–H groups in total. The van der Waals surface area contributed by atoms with Crippen molar-refractivity contribution in [2.45, 2.75) is 50.7 Å². The third-order valence-electron chi connectivity index (χ3n) is 4.49. The zero-order valence-corrected chi connectivity index (χ0v) is 12.4. The number of hydrogen-bond donors (Lipinski definition) is 1. The summed E-state index contributed by atoms with van der Waals surface area (Å²) in [6, 6.07) is 0. The first-order chi connectivity index (χ1) is 9.82. The van der Waals surface area contributed by atoms with Crippen LogP contribution in [0.2, 0.25) is 0 Å². The molecule has 0 bridgehead atoms. The zero-order chi connectivity index (χ0) is 13.6. The molecular weight excluding hydrogens is 274 g/mol. The van der Waals surface area contributed by atoms with Crippen LogP contribution in [0.5, 0.6) is 0 Å². The summed E-state index contributed by atoms with van der Waals surface area (Å²) in [6.07, 6.45) is 5.61. The SMILES string of the molecule is CCC1(c2nn3c(C4CCCO4)nnc3s2)CCCN1. The third-order valence-corrected chi connectivity index (χ3v) is 5.59. The van der Waals surface area contributed by atoms with E-state index in [0.29, 0.717) is 0 Å². The van der Waals surface area contributed by atoms with Gasteiger partial charge in [-0.2, -0.15) is 9.61 Å². The van der Waals surface area contributed by atoms with Crippen molar-refractivity contribution < 1.29 is 4.74 Å². The van der Waals surface area contributed by atoms with Crippen LogP contribution in [0, 0.1) is 0 Å². The first kappa shape index (κ1) is 12.7. The van der Waals surface area contributed by atoms with Crippen LogP contribution in [-0.2, 0) is 10.3 Å². The van der Waals surface area contributed by atoms with E-state index in [2.05, 4.69) is 22.4 Å². The summed E-state index contributed by atoms with van der Waals surface area (Å²) in [4.78, 5) is 0.882. The van der Waals surface area contributed by atoms with E-state index in [1.54, 1.807) is 11.3 Å². The van der Waals surface area contributed by atoms with Crippen LogP contribution < -0.4 is 5.32 Å². The molecule has 2 saturated heterocycles. The van der Waals surface area contributed by atoms with E-state index in [1.165, 1.54) is 6.42 Å². The van der Waals surface area contributed by atoms with Crippen molar-refractivity contribution in [2.75, 3.05) is 13.2 Å². The summed E-state index contributed by atoms with van der Waals surface area (Å²) in [6.45, 7) is 4.12. The summed E-state index contributed by atoms with van der Waals surface area (Å²) in [5.41, 5.74) is 0.0408. The lowest BCUT2D eigenvalue weighted by Gasteiger charge is -2.24. The molecule has 4 rings (SSSR count). The van der Waals surface area contributed by atoms with Crippen molar-refractivity contribution in [3.05, 3.63) is 10.8 Å². The number of ether oxygens (including phenoxy) is 1. The van der Waals surface area contributed by atoms with Gasteiger partial charge >= 0.3 is 0 Å². The number of nitrogens with zero attached hydrogens (tertiary/aromatic N) is 4. The maximum absolute atomic E-state index is 5.72. The molecule has 2 aromatic rings. The molecule has 7 heteroatoms. The molecule has 6 nitrogen and oxygen atoms in total. The van der Waals surface area contributed by atoms with Crippen LogP contribution in [0.15, 0.2) is 0 Å². The first-order valence-electron chi connectivity index (χ1n) is 7.42. The van der Waals surface area contributed by atoms with Crippen molar-refractivity contribution in [1.29, 1.82) is 0 Å². The fourth-order valence-corrected chi connectivity index (χ4v) is 4.36. The van der Waals surface area contributed by atoms with Gasteiger partial charge in [-0.3, -0.25) is 0 Å². The van der Waals surface area contributed by atoms with Crippen LogP contribution in [0.3, 0.4) is 0 Å². The second-order valence-corrected chi connectivity index (χ2v) is 6.58. The molecule has 0 amide bonds. The normalized spacial score (nSPS) is 30.6. The fraction of sp³-hybridized carbons (Fsp3) is 0.769. The van der Waals surface area contributed by atoms with Gasteiger partial charge in [-0.15, -0.1) is 10.2 Å². The number of hydrogen-bond acceptors (Lipinski definition) is 6. The van der Waals surface area contributed by atoms with Crippen LogP contribution in [0.25, 0.3) is 4.96 Å². The maximum Gasteiger partial charge on any atom is 0.234 e. The van der Waals surface area contributed by atoms with Gasteiger partial charge in [0.15, 0.2) is 5.82 Å². The zero-order valence-electron chi connectivity index (χ0n) is 11.6. The Morgan fingerprint density at radius 1 is 1.45 bits per heavy atom. The van der Waals surface area contributed by atoms with E-state index in [4.69, 9.17) is 9.84 Å². The van der Waals surface area contributed by atoms with Gasteiger partial charge in [-0.05, 0) is 38.6 Å². The predicted molar refractivity (Wildman–Crippen MR) is 75.8 cm³/mol. The van der Waals surface area contributed by atoms with Gasteiger partial charge < -0.3 is 10.1 Å². The first-order valence-corrected chi connectivity index (χ1v) is 8.23. The summed E-state index contributed by atoms with van der Waals surface area (Å²) in [5.74, 6) is 0.865. The number of nitrogens with one attached hydrogen (secondary N) is 1. The molecule has 2 fully saturated rings. The van der Waals surface area contributed by atoms with Crippen LogP contribution in [-0.4, -0.2) is 33.0 Å². The van der Waals surface area contributed by atoms with Crippen LogP contribution >= 0.6 is 11.3 Å². The minimum Gasteiger partial charge on any atom is -0.370 e. The molecule has 2 atom stereocenters. The average Bonchev–Trinajstić information content (AvgIpc) is 3.21. The lowest BCUT2D eigenvalue weighted by Crippen LogP contribution is -2.36. The number of rotatable bonds is 3. The lowest BCUT2D eigenvalue weighted by molar-refractivity contribution is 0.103. The van der Waals surface area contributed by atoms with E-state index < -0.39 is 0 Å². The summed E-state index contributed by atoms with van der Waals surface area (Å²) in [5, 5.41) is 18.1. The molecule has 2 aromatic heterocycles. The van der Waals surface area contributed by atoms with Gasteiger partial charge in [-0.1, -0.05) is 18.3 Å². The largest absolute Gasteiger partial charge is 0.370 e. The Balaban J connectivity index is 1.75. The molecule has 0 radical (unpaired) electrons. The predicted octanol–water partition coefficient (Wildman–Crippen LogP) is 2.03. The van der Waals surface area contributed by atoms with Gasteiger partial charge in [0, 0.05) is 6.61 Å². The van der Waals surface area contributed by atoms with E-state index in [1.807, 2.05) is 4.52 Å². The molecule has 108 valence electrons. The molecule has 2 unspecified atom stereocenters. The highest BCUT2D eigenvalue weighted by atomic mass is 32.1. The molecule has 4 heterocycles. The van der Waals surface area contributed by atoms with Crippen molar-refractivity contribution in [3.63, 3.8) is 0 Å². The average molecular weight is 293 g/mol. The molecule has 20 heavy (non-hydrogen) atoms. The van der Waals surface area contributed by atoms with E-state index in [9.17, 15) is 0 Å². The molecule has 2 aliphatic rings. The van der Waals surface area contributed by atoms with Crippen molar-refractivity contribution in [2.24, 2.45) is 0 Å². The van der Waals surface area contributed by atoms with Crippen LogP contribution in [0.1, 0.15) is 56.0 Å². The fourth-order valence-electron chi connectivity index (χ4n) is 3.25. The minimum absolute atomic E-state index is 0.0408. The van der Waals surface area contributed by atoms with Crippen molar-refractivity contribution in [3.8, 4) is 0 Å². The minimum atomic E-state index is 0.0408. The number of aromatic nitrogens is 4. The molecule has 0 spiro atoms. The second-order valence-electron chi connectivity index (χ2n) is 5.63. The van der Waals surface area contributed by atoms with Gasteiger partial charge in [-0.25, -0.2) is 0 Å². The van der Waals surface area contributed by atoms with Gasteiger partial charge in [0.1, 0.15) is 11.1 Å². The molecule has 0 aliphatic carbocycles. The standard InChI is InChI=1S/C13H19N5OS/c1-2-13(6-4-7-14-13)11-17-18-10(9-5-3-8-19-9)15-16-12(18)20-11/h9,14H,2-8H2,1H3. The Morgan fingerprint density at radius 2 is 2.40 bits per heavy atom. The Morgan fingerprint density at radius 3 is 3.10 bits per heavy atom. The van der Waals surface area contributed by atoms with Crippen molar-refractivity contribution >= 4 is 16.3 Å². The van der Waals surface area contributed by atoms with Crippen LogP contribution in [0.4, 0.5) is 0 Å². The molecule has 2 aliphatic heterocycles. The smallest absolute Gasteiger partial charge is 0.234 e. The molecule has 0 aromatic carbocycles. The van der Waals surface area contributed by atoms with Gasteiger partial charge in [0.25, 0.3) is 0 Å². The highest BCUT2D eigenvalue weighted by Gasteiger charge is 2.37. The topological polar surface area (TPSA) is 64.3 Å². The molecule has 0 saturated carbocycles. The third kappa shape index (κ3) is 1.80. The summed E-state index contributed by atoms with van der Waals surface area (Å²) < 4.78 is 7.61. The van der Waals surface area contributed by atoms with E-state index in [0.717, 1.165) is 54.6 Å². The highest BCUT2D eigenvalue weighted by Crippen LogP contribution is 2.37. The van der Waals surface area contributed by atoms with Gasteiger partial charge in [0.05, 0.1) is 5.54 Å². The Hall–Kier alpha value is -1.05. The Bertz CT molecular complexity index is 609. The summed E-state index contributed by atoms with van der Waals surface area (Å²) >= 11 is 1.66. The maximum atomic E-state index is 5.72. The lowest BCUT2D eigenvalue weighted by atomic mass is 9.95. The quantitative estimate of drug-likeness (QED) is 0.938. The Labute approximate surface area is 121 Å².